The second-order valence-electron chi connectivity index (χ2n) is 4.07. The highest BCUT2D eigenvalue weighted by atomic mass is 16.6. The van der Waals surface area contributed by atoms with Crippen molar-refractivity contribution < 1.29 is 24.0 Å². The lowest BCUT2D eigenvalue weighted by Crippen LogP contribution is -2.21. The lowest BCUT2D eigenvalue weighted by molar-refractivity contribution is -0.384. The van der Waals surface area contributed by atoms with Crippen molar-refractivity contribution in [3.8, 4) is 0 Å². The molecule has 0 aliphatic carbocycles. The molecular formula is C13H11NO6. The molecule has 7 nitrogen and oxygen atoms in total. The van der Waals surface area contributed by atoms with E-state index in [2.05, 4.69) is 4.74 Å². The Labute approximate surface area is 113 Å². The zero-order valence-electron chi connectivity index (χ0n) is 10.4. The van der Waals surface area contributed by atoms with Gasteiger partial charge in [0.05, 0.1) is 11.5 Å². The average molecular weight is 277 g/mol. The third-order valence-electron chi connectivity index (χ3n) is 2.64. The highest BCUT2D eigenvalue weighted by Crippen LogP contribution is 2.15. The smallest absolute Gasteiger partial charge is 0.347 e. The number of esters is 2. The third-order valence-corrected chi connectivity index (χ3v) is 2.64. The van der Waals surface area contributed by atoms with Gasteiger partial charge >= 0.3 is 11.9 Å². The zero-order chi connectivity index (χ0) is 14.5. The SMILES string of the molecule is O=C(/C=C/c1cccc([N+](=O)[O-])c1)O[C@@H]1CCOC1=O. The first kappa shape index (κ1) is 13.7. The fourth-order valence-corrected chi connectivity index (χ4v) is 1.67. The van der Waals surface area contributed by atoms with Gasteiger partial charge in [0, 0.05) is 24.6 Å². The van der Waals surface area contributed by atoms with Gasteiger partial charge in [-0.1, -0.05) is 12.1 Å². The molecule has 1 atom stereocenters. The van der Waals surface area contributed by atoms with Crippen LogP contribution in [0.25, 0.3) is 6.08 Å². The van der Waals surface area contributed by atoms with Crippen LogP contribution < -0.4 is 0 Å². The number of benzene rings is 1. The molecule has 0 saturated carbocycles. The summed E-state index contributed by atoms with van der Waals surface area (Å²) in [5.41, 5.74) is 0.421. The van der Waals surface area contributed by atoms with Gasteiger partial charge in [-0.3, -0.25) is 10.1 Å². The second-order valence-corrected chi connectivity index (χ2v) is 4.07. The first-order chi connectivity index (χ1) is 9.56. The topological polar surface area (TPSA) is 95.7 Å². The van der Waals surface area contributed by atoms with Crippen LogP contribution in [0.2, 0.25) is 0 Å². The van der Waals surface area contributed by atoms with E-state index in [1.807, 2.05) is 0 Å². The maximum atomic E-state index is 11.5. The van der Waals surface area contributed by atoms with E-state index >= 15 is 0 Å². The molecule has 0 amide bonds. The van der Waals surface area contributed by atoms with Crippen LogP contribution in [0.3, 0.4) is 0 Å². The Kier molecular flexibility index (Phi) is 4.09. The molecule has 1 aliphatic heterocycles. The number of non-ortho nitro benzene ring substituents is 1. The summed E-state index contributed by atoms with van der Waals surface area (Å²) in [5.74, 6) is -1.25. The van der Waals surface area contributed by atoms with Crippen LogP contribution in [0.5, 0.6) is 0 Å². The monoisotopic (exact) mass is 277 g/mol. The average Bonchev–Trinajstić information content (AvgIpc) is 2.82. The summed E-state index contributed by atoms with van der Waals surface area (Å²) in [6.07, 6.45) is 1.98. The van der Waals surface area contributed by atoms with Crippen LogP contribution in [0.15, 0.2) is 30.3 Å². The lowest BCUT2D eigenvalue weighted by atomic mass is 10.2. The Morgan fingerprint density at radius 1 is 1.50 bits per heavy atom. The maximum Gasteiger partial charge on any atom is 0.347 e. The summed E-state index contributed by atoms with van der Waals surface area (Å²) in [6, 6.07) is 5.80. The van der Waals surface area contributed by atoms with Gasteiger partial charge in [-0.05, 0) is 11.6 Å². The first-order valence-corrected chi connectivity index (χ1v) is 5.86. The van der Waals surface area contributed by atoms with E-state index in [4.69, 9.17) is 4.74 Å². The number of nitro benzene ring substituents is 1. The summed E-state index contributed by atoms with van der Waals surface area (Å²) in [6.45, 7) is 0.241. The fourth-order valence-electron chi connectivity index (χ4n) is 1.67. The standard InChI is InChI=1S/C13H11NO6/c15-12(20-11-6-7-19-13(11)16)5-4-9-2-1-3-10(8-9)14(17)18/h1-5,8,11H,6-7H2/b5-4+/t11-/m1/s1. The molecule has 104 valence electrons. The van der Waals surface area contributed by atoms with Gasteiger partial charge in [-0.25, -0.2) is 9.59 Å². The summed E-state index contributed by atoms with van der Waals surface area (Å²) in [7, 11) is 0. The predicted molar refractivity (Wildman–Crippen MR) is 67.6 cm³/mol. The third kappa shape index (κ3) is 3.41. The molecule has 0 unspecified atom stereocenters. The largest absolute Gasteiger partial charge is 0.463 e. The van der Waals surface area contributed by atoms with Crippen LogP contribution in [0, 0.1) is 10.1 Å². The van der Waals surface area contributed by atoms with Gasteiger partial charge in [0.1, 0.15) is 0 Å². The molecule has 0 radical (unpaired) electrons. The number of rotatable bonds is 4. The van der Waals surface area contributed by atoms with Gasteiger partial charge < -0.3 is 9.47 Å². The molecule has 0 spiro atoms. The van der Waals surface area contributed by atoms with Gasteiger partial charge in [-0.15, -0.1) is 0 Å². The minimum Gasteiger partial charge on any atom is -0.463 e. The summed E-state index contributed by atoms with van der Waals surface area (Å²) in [4.78, 5) is 32.7. The molecule has 1 fully saturated rings. The van der Waals surface area contributed by atoms with Gasteiger partial charge in [0.2, 0.25) is 6.10 Å². The van der Waals surface area contributed by atoms with E-state index in [-0.39, 0.29) is 12.3 Å². The fraction of sp³-hybridized carbons (Fsp3) is 0.231. The quantitative estimate of drug-likeness (QED) is 0.358. The number of hydrogen-bond acceptors (Lipinski definition) is 6. The first-order valence-electron chi connectivity index (χ1n) is 5.86. The molecule has 2 rings (SSSR count). The van der Waals surface area contributed by atoms with Crippen LogP contribution >= 0.6 is 0 Å². The number of hydrogen-bond donors (Lipinski definition) is 0. The molecule has 0 N–H and O–H groups in total. The maximum absolute atomic E-state index is 11.5. The van der Waals surface area contributed by atoms with Crippen molar-refractivity contribution in [2.45, 2.75) is 12.5 Å². The van der Waals surface area contributed by atoms with Crippen LogP contribution in [0.1, 0.15) is 12.0 Å². The van der Waals surface area contributed by atoms with Crippen molar-refractivity contribution in [2.24, 2.45) is 0 Å². The van der Waals surface area contributed by atoms with E-state index in [0.29, 0.717) is 12.0 Å². The molecule has 0 bridgehead atoms. The van der Waals surface area contributed by atoms with Gasteiger partial charge in [0.15, 0.2) is 0 Å². The van der Waals surface area contributed by atoms with Crippen molar-refractivity contribution in [1.29, 1.82) is 0 Å². The van der Waals surface area contributed by atoms with E-state index in [0.717, 1.165) is 6.08 Å². The molecule has 20 heavy (non-hydrogen) atoms. The molecule has 0 aromatic heterocycles. The Bertz CT molecular complexity index is 580. The van der Waals surface area contributed by atoms with Crippen molar-refractivity contribution >= 4 is 23.7 Å². The minimum atomic E-state index is -0.864. The molecular weight excluding hydrogens is 266 g/mol. The summed E-state index contributed by atoms with van der Waals surface area (Å²) < 4.78 is 9.54. The number of nitro groups is 1. The van der Waals surface area contributed by atoms with E-state index in [1.165, 1.54) is 24.3 Å². The Hall–Kier alpha value is -2.70. The van der Waals surface area contributed by atoms with Crippen LogP contribution in [0.4, 0.5) is 5.69 Å². The second kappa shape index (κ2) is 5.96. The van der Waals surface area contributed by atoms with Crippen molar-refractivity contribution in [3.05, 3.63) is 46.0 Å². The molecule has 1 aromatic carbocycles. The minimum absolute atomic E-state index is 0.0695. The molecule has 7 heteroatoms. The molecule has 1 aromatic rings. The molecule has 1 aliphatic rings. The van der Waals surface area contributed by atoms with Crippen molar-refractivity contribution in [1.82, 2.24) is 0 Å². The Balaban J connectivity index is 1.98. The van der Waals surface area contributed by atoms with Gasteiger partial charge in [-0.2, -0.15) is 0 Å². The number of nitrogens with zero attached hydrogens (tertiary/aromatic N) is 1. The highest BCUT2D eigenvalue weighted by molar-refractivity contribution is 5.89. The lowest BCUT2D eigenvalue weighted by Gasteiger charge is -2.04. The Morgan fingerprint density at radius 3 is 2.95 bits per heavy atom. The number of cyclic esters (lactones) is 1. The molecule has 1 saturated heterocycles. The number of carbonyl (C=O) groups excluding carboxylic acids is 2. The van der Waals surface area contributed by atoms with Crippen LogP contribution in [-0.2, 0) is 19.1 Å². The number of ether oxygens (including phenoxy) is 2. The van der Waals surface area contributed by atoms with Crippen molar-refractivity contribution in [3.63, 3.8) is 0 Å². The highest BCUT2D eigenvalue weighted by Gasteiger charge is 2.29. The van der Waals surface area contributed by atoms with E-state index in [1.54, 1.807) is 6.07 Å². The van der Waals surface area contributed by atoms with E-state index in [9.17, 15) is 19.7 Å². The predicted octanol–water partition coefficient (Wildman–Crippen LogP) is 1.47. The number of carbonyl (C=O) groups is 2. The Morgan fingerprint density at radius 2 is 2.30 bits per heavy atom. The van der Waals surface area contributed by atoms with E-state index < -0.39 is 23.0 Å². The van der Waals surface area contributed by atoms with Crippen molar-refractivity contribution in [2.75, 3.05) is 6.61 Å². The normalized spacial score (nSPS) is 18.0. The summed E-state index contributed by atoms with van der Waals surface area (Å²) >= 11 is 0. The van der Waals surface area contributed by atoms with Crippen LogP contribution in [-0.4, -0.2) is 29.6 Å². The molecule has 1 heterocycles. The van der Waals surface area contributed by atoms with Gasteiger partial charge in [0.25, 0.3) is 5.69 Å². The summed E-state index contributed by atoms with van der Waals surface area (Å²) in [5, 5.41) is 10.6. The zero-order valence-corrected chi connectivity index (χ0v) is 10.4.